The first-order valence-electron chi connectivity index (χ1n) is 10.00. The van der Waals surface area contributed by atoms with E-state index in [4.69, 9.17) is 0 Å². The van der Waals surface area contributed by atoms with Crippen molar-refractivity contribution in [2.24, 2.45) is 7.05 Å². The fourth-order valence-corrected chi connectivity index (χ4v) is 4.67. The number of rotatable bonds is 4. The van der Waals surface area contributed by atoms with Gasteiger partial charge in [0.2, 0.25) is 0 Å². The number of likely N-dealkylation sites (tertiary alicyclic amines) is 1. The van der Waals surface area contributed by atoms with Crippen molar-refractivity contribution in [1.29, 1.82) is 0 Å². The monoisotopic (exact) mass is 362 g/mol. The quantitative estimate of drug-likeness (QED) is 0.716. The summed E-state index contributed by atoms with van der Waals surface area (Å²) in [5.41, 5.74) is 3.82. The summed E-state index contributed by atoms with van der Waals surface area (Å²) in [4.78, 5) is 2.58. The molecule has 1 atom stereocenters. The SMILES string of the molecule is Cn1nccc1-c1ccccc1CN1CCC[C@@H](c2nnc3n2CCC3)C1. The van der Waals surface area contributed by atoms with Gasteiger partial charge in [0.25, 0.3) is 0 Å². The molecule has 0 bridgehead atoms. The Morgan fingerprint density at radius 1 is 1.07 bits per heavy atom. The highest BCUT2D eigenvalue weighted by Crippen LogP contribution is 2.30. The zero-order chi connectivity index (χ0) is 18.2. The molecule has 0 saturated carbocycles. The highest BCUT2D eigenvalue weighted by atomic mass is 15.3. The molecule has 0 radical (unpaired) electrons. The second-order valence-electron chi connectivity index (χ2n) is 7.80. The van der Waals surface area contributed by atoms with Crippen molar-refractivity contribution in [3.8, 4) is 11.3 Å². The number of aromatic nitrogens is 5. The van der Waals surface area contributed by atoms with Gasteiger partial charge in [-0.2, -0.15) is 5.10 Å². The minimum atomic E-state index is 0.502. The molecule has 5 rings (SSSR count). The van der Waals surface area contributed by atoms with E-state index in [-0.39, 0.29) is 0 Å². The molecule has 27 heavy (non-hydrogen) atoms. The smallest absolute Gasteiger partial charge is 0.137 e. The summed E-state index contributed by atoms with van der Waals surface area (Å²) < 4.78 is 4.33. The molecule has 0 unspecified atom stereocenters. The molecule has 140 valence electrons. The van der Waals surface area contributed by atoms with Gasteiger partial charge in [-0.3, -0.25) is 9.58 Å². The first-order chi connectivity index (χ1) is 13.3. The van der Waals surface area contributed by atoms with Crippen LogP contribution in [0.5, 0.6) is 0 Å². The van der Waals surface area contributed by atoms with Gasteiger partial charge in [-0.05, 0) is 37.4 Å². The van der Waals surface area contributed by atoms with Crippen LogP contribution in [0.4, 0.5) is 0 Å². The Balaban J connectivity index is 1.37. The Hall–Kier alpha value is -2.47. The highest BCUT2D eigenvalue weighted by molar-refractivity contribution is 5.63. The highest BCUT2D eigenvalue weighted by Gasteiger charge is 2.28. The van der Waals surface area contributed by atoms with Gasteiger partial charge in [-0.25, -0.2) is 0 Å². The summed E-state index contributed by atoms with van der Waals surface area (Å²) in [5, 5.41) is 13.3. The number of aryl methyl sites for hydroxylation is 2. The Bertz CT molecular complexity index is 940. The second kappa shape index (κ2) is 6.93. The van der Waals surface area contributed by atoms with Gasteiger partial charge in [-0.1, -0.05) is 24.3 Å². The molecule has 0 aliphatic carbocycles. The molecule has 2 aliphatic heterocycles. The van der Waals surface area contributed by atoms with Gasteiger partial charge in [0.05, 0.1) is 5.69 Å². The van der Waals surface area contributed by atoms with Crippen molar-refractivity contribution in [3.63, 3.8) is 0 Å². The minimum Gasteiger partial charge on any atom is -0.315 e. The van der Waals surface area contributed by atoms with Gasteiger partial charge < -0.3 is 4.57 Å². The standard InChI is InChI=1S/C21H26N6/c1-25-19(10-11-22-25)18-8-3-2-6-16(18)14-26-12-4-7-17(15-26)21-24-23-20-9-5-13-27(20)21/h2-3,6,8,10-11,17H,4-5,7,9,12-15H2,1H3/t17-/m1/s1. The summed E-state index contributed by atoms with van der Waals surface area (Å²) in [6.07, 6.45) is 6.61. The van der Waals surface area contributed by atoms with Crippen LogP contribution in [0.3, 0.4) is 0 Å². The Labute approximate surface area is 159 Å². The maximum absolute atomic E-state index is 4.55. The van der Waals surface area contributed by atoms with Crippen LogP contribution in [0.1, 0.15) is 42.4 Å². The molecule has 0 spiro atoms. The zero-order valence-corrected chi connectivity index (χ0v) is 15.9. The van der Waals surface area contributed by atoms with Crippen molar-refractivity contribution < 1.29 is 0 Å². The van der Waals surface area contributed by atoms with E-state index in [0.717, 1.165) is 32.6 Å². The van der Waals surface area contributed by atoms with Crippen molar-refractivity contribution in [2.45, 2.75) is 44.7 Å². The molecule has 2 aromatic heterocycles. The average molecular weight is 362 g/mol. The van der Waals surface area contributed by atoms with Crippen molar-refractivity contribution >= 4 is 0 Å². The summed E-state index contributed by atoms with van der Waals surface area (Å²) >= 11 is 0. The van der Waals surface area contributed by atoms with Crippen molar-refractivity contribution in [3.05, 3.63) is 53.7 Å². The lowest BCUT2D eigenvalue weighted by atomic mass is 9.95. The molecule has 6 nitrogen and oxygen atoms in total. The van der Waals surface area contributed by atoms with Crippen LogP contribution in [-0.2, 0) is 26.6 Å². The molecular weight excluding hydrogens is 336 g/mol. The van der Waals surface area contributed by atoms with Crippen LogP contribution in [0.25, 0.3) is 11.3 Å². The van der Waals surface area contributed by atoms with E-state index >= 15 is 0 Å². The molecule has 1 fully saturated rings. The number of nitrogens with zero attached hydrogens (tertiary/aromatic N) is 6. The average Bonchev–Trinajstić information content (AvgIpc) is 3.39. The van der Waals surface area contributed by atoms with E-state index in [0.29, 0.717) is 5.92 Å². The van der Waals surface area contributed by atoms with Crippen LogP contribution in [0, 0.1) is 0 Å². The lowest BCUT2D eigenvalue weighted by molar-refractivity contribution is 0.195. The maximum Gasteiger partial charge on any atom is 0.137 e. The normalized spacial score (nSPS) is 20.1. The van der Waals surface area contributed by atoms with E-state index in [1.165, 1.54) is 47.7 Å². The molecular formula is C21H26N6. The lowest BCUT2D eigenvalue weighted by Gasteiger charge is -2.32. The van der Waals surface area contributed by atoms with Crippen LogP contribution in [0.15, 0.2) is 36.5 Å². The minimum absolute atomic E-state index is 0.502. The molecule has 0 N–H and O–H groups in total. The third-order valence-corrected chi connectivity index (χ3v) is 6.02. The Morgan fingerprint density at radius 2 is 2.00 bits per heavy atom. The van der Waals surface area contributed by atoms with Gasteiger partial charge in [0.15, 0.2) is 0 Å². The van der Waals surface area contributed by atoms with E-state index < -0.39 is 0 Å². The Morgan fingerprint density at radius 3 is 2.89 bits per heavy atom. The van der Waals surface area contributed by atoms with Crippen LogP contribution in [-0.4, -0.2) is 42.5 Å². The first kappa shape index (κ1) is 16.7. The topological polar surface area (TPSA) is 51.8 Å². The van der Waals surface area contributed by atoms with Gasteiger partial charge in [0.1, 0.15) is 11.6 Å². The molecule has 6 heteroatoms. The summed E-state index contributed by atoms with van der Waals surface area (Å²) in [5.74, 6) is 2.90. The predicted molar refractivity (Wildman–Crippen MR) is 104 cm³/mol. The van der Waals surface area contributed by atoms with E-state index in [1.54, 1.807) is 0 Å². The van der Waals surface area contributed by atoms with Gasteiger partial charge in [0, 0.05) is 50.8 Å². The number of piperidine rings is 1. The Kier molecular flexibility index (Phi) is 4.28. The largest absolute Gasteiger partial charge is 0.315 e. The molecule has 1 saturated heterocycles. The third-order valence-electron chi connectivity index (χ3n) is 6.02. The van der Waals surface area contributed by atoms with E-state index in [2.05, 4.69) is 55.1 Å². The van der Waals surface area contributed by atoms with Crippen LogP contribution < -0.4 is 0 Å². The summed E-state index contributed by atoms with van der Waals surface area (Å²) in [6, 6.07) is 10.8. The number of fused-ring (bicyclic) bond motifs is 1. The molecule has 0 amide bonds. The number of hydrogen-bond donors (Lipinski definition) is 0. The zero-order valence-electron chi connectivity index (χ0n) is 15.9. The van der Waals surface area contributed by atoms with Gasteiger partial charge >= 0.3 is 0 Å². The fourth-order valence-electron chi connectivity index (χ4n) is 4.67. The summed E-state index contributed by atoms with van der Waals surface area (Å²) in [6.45, 7) is 4.28. The molecule has 3 aromatic rings. The first-order valence-corrected chi connectivity index (χ1v) is 10.00. The fraction of sp³-hybridized carbons (Fsp3) is 0.476. The van der Waals surface area contributed by atoms with Crippen LogP contribution >= 0.6 is 0 Å². The van der Waals surface area contributed by atoms with Crippen LogP contribution in [0.2, 0.25) is 0 Å². The number of hydrogen-bond acceptors (Lipinski definition) is 4. The van der Waals surface area contributed by atoms with Gasteiger partial charge in [-0.15, -0.1) is 10.2 Å². The van der Waals surface area contributed by atoms with Crippen molar-refractivity contribution in [2.75, 3.05) is 13.1 Å². The third kappa shape index (κ3) is 3.08. The predicted octanol–water partition coefficient (Wildman–Crippen LogP) is 3.00. The van der Waals surface area contributed by atoms with E-state index in [9.17, 15) is 0 Å². The maximum atomic E-state index is 4.55. The summed E-state index contributed by atoms with van der Waals surface area (Å²) in [7, 11) is 2.01. The molecule has 4 heterocycles. The second-order valence-corrected chi connectivity index (χ2v) is 7.80. The number of benzene rings is 1. The molecule has 1 aromatic carbocycles. The lowest BCUT2D eigenvalue weighted by Crippen LogP contribution is -2.35. The van der Waals surface area contributed by atoms with E-state index in [1.807, 2.05) is 17.9 Å². The molecule has 2 aliphatic rings. The van der Waals surface area contributed by atoms with Crippen molar-refractivity contribution in [1.82, 2.24) is 29.4 Å².